The quantitative estimate of drug-likeness (QED) is 0.472. The van der Waals surface area contributed by atoms with Gasteiger partial charge in [0.25, 0.3) is 0 Å². The summed E-state index contributed by atoms with van der Waals surface area (Å²) in [6.07, 6.45) is 0. The normalized spacial score (nSPS) is 12.6. The average molecular weight is 117 g/mol. The van der Waals surface area contributed by atoms with Gasteiger partial charge in [0.2, 0.25) is 0 Å². The van der Waals surface area contributed by atoms with E-state index in [1.807, 2.05) is 0 Å². The summed E-state index contributed by atoms with van der Waals surface area (Å²) < 4.78 is 0. The number of nitrogens with zero attached hydrogens (tertiary/aromatic N) is 1. The third-order valence-electron chi connectivity index (χ3n) is 0.678. The molecule has 0 fully saturated rings. The second kappa shape index (κ2) is 3.15. The molecular formula is C4H7NO3. The number of aliphatic hydroxyl groups is 1. The van der Waals surface area contributed by atoms with Crippen LogP contribution in [0.5, 0.6) is 0 Å². The molecule has 0 bridgehead atoms. The Kier molecular flexibility index (Phi) is 2.79. The fraction of sp³-hybridized carbons (Fsp3) is 0.500. The van der Waals surface area contributed by atoms with Crippen LogP contribution in [0.15, 0.2) is 4.99 Å². The van der Waals surface area contributed by atoms with Crippen LogP contribution in [0.3, 0.4) is 0 Å². The third-order valence-corrected chi connectivity index (χ3v) is 0.678. The molecule has 0 aromatic carbocycles. The number of aliphatic imine (C=N–C) groups is 1. The fourth-order valence-corrected chi connectivity index (χ4v) is 0.214. The van der Waals surface area contributed by atoms with Crippen LogP contribution in [0, 0.1) is 0 Å². The molecule has 0 aliphatic carbocycles. The lowest BCUT2D eigenvalue weighted by atomic mass is 10.3. The zero-order valence-corrected chi connectivity index (χ0v) is 4.24. The van der Waals surface area contributed by atoms with Gasteiger partial charge in [0.1, 0.15) is 0 Å². The standard InChI is InChI=1S/C4H7NO3/c1-5-3(2-6)4(7)8/h3,6H,1-2H2,(H,7,8)/t3-/m0/s1. The zero-order valence-electron chi connectivity index (χ0n) is 4.24. The Balaban J connectivity index is 3.69. The molecule has 46 valence electrons. The number of hydrogen-bond acceptors (Lipinski definition) is 3. The minimum absolute atomic E-state index is 0.487. The first-order valence-corrected chi connectivity index (χ1v) is 2.02. The SMILES string of the molecule is C=N[C@@H](CO)C(=O)O. The van der Waals surface area contributed by atoms with Crippen molar-refractivity contribution in [1.29, 1.82) is 0 Å². The van der Waals surface area contributed by atoms with Gasteiger partial charge >= 0.3 is 5.97 Å². The first-order chi connectivity index (χ1) is 3.72. The molecular weight excluding hydrogens is 110 g/mol. The first kappa shape index (κ1) is 7.10. The topological polar surface area (TPSA) is 69.9 Å². The monoisotopic (exact) mass is 117 g/mol. The maximum absolute atomic E-state index is 9.87. The molecule has 8 heavy (non-hydrogen) atoms. The van der Waals surface area contributed by atoms with Crippen LogP contribution in [-0.4, -0.2) is 35.5 Å². The Bertz CT molecular complexity index is 101. The molecule has 0 amide bonds. The van der Waals surface area contributed by atoms with Gasteiger partial charge in [0.15, 0.2) is 6.04 Å². The molecule has 4 heteroatoms. The summed E-state index contributed by atoms with van der Waals surface area (Å²) in [6, 6.07) is -1.06. The Morgan fingerprint density at radius 1 is 1.88 bits per heavy atom. The van der Waals surface area contributed by atoms with Gasteiger partial charge in [0.05, 0.1) is 6.61 Å². The number of carboxylic acids is 1. The molecule has 4 nitrogen and oxygen atoms in total. The van der Waals surface area contributed by atoms with E-state index in [4.69, 9.17) is 10.2 Å². The number of hydrogen-bond donors (Lipinski definition) is 2. The Hall–Kier alpha value is -0.900. The zero-order chi connectivity index (χ0) is 6.57. The molecule has 0 aliphatic heterocycles. The van der Waals surface area contributed by atoms with Crippen LogP contribution in [0.1, 0.15) is 0 Å². The summed E-state index contributed by atoms with van der Waals surface area (Å²) in [5.74, 6) is -1.15. The van der Waals surface area contributed by atoms with Crippen LogP contribution in [-0.2, 0) is 4.79 Å². The molecule has 0 spiro atoms. The van der Waals surface area contributed by atoms with Crippen LogP contribution in [0.2, 0.25) is 0 Å². The van der Waals surface area contributed by atoms with E-state index in [1.54, 1.807) is 0 Å². The van der Waals surface area contributed by atoms with Gasteiger partial charge in [-0.15, -0.1) is 0 Å². The highest BCUT2D eigenvalue weighted by Gasteiger charge is 2.11. The van der Waals surface area contributed by atoms with E-state index in [-0.39, 0.29) is 0 Å². The molecule has 2 N–H and O–H groups in total. The molecule has 0 saturated carbocycles. The van der Waals surface area contributed by atoms with Gasteiger partial charge in [-0.1, -0.05) is 0 Å². The highest BCUT2D eigenvalue weighted by Crippen LogP contribution is 1.85. The van der Waals surface area contributed by atoms with Crippen molar-refractivity contribution < 1.29 is 15.0 Å². The Morgan fingerprint density at radius 2 is 2.38 bits per heavy atom. The van der Waals surface area contributed by atoms with Crippen LogP contribution in [0.4, 0.5) is 0 Å². The molecule has 0 aromatic rings. The van der Waals surface area contributed by atoms with Crippen molar-refractivity contribution in [2.75, 3.05) is 6.61 Å². The number of carboxylic acid groups (broad SMARTS) is 1. The molecule has 0 heterocycles. The highest BCUT2D eigenvalue weighted by atomic mass is 16.4. The van der Waals surface area contributed by atoms with Crippen LogP contribution >= 0.6 is 0 Å². The lowest BCUT2D eigenvalue weighted by molar-refractivity contribution is -0.139. The van der Waals surface area contributed by atoms with Crippen molar-refractivity contribution >= 4 is 12.7 Å². The lowest BCUT2D eigenvalue weighted by Crippen LogP contribution is -2.21. The number of aliphatic carboxylic acids is 1. The molecule has 0 aromatic heterocycles. The second-order valence-electron chi connectivity index (χ2n) is 1.22. The van der Waals surface area contributed by atoms with Gasteiger partial charge in [-0.3, -0.25) is 4.99 Å². The predicted octanol–water partition coefficient (Wildman–Crippen LogP) is -0.867. The van der Waals surface area contributed by atoms with E-state index in [0.29, 0.717) is 0 Å². The van der Waals surface area contributed by atoms with Gasteiger partial charge in [0, 0.05) is 0 Å². The molecule has 0 aliphatic rings. The van der Waals surface area contributed by atoms with Crippen molar-refractivity contribution in [1.82, 2.24) is 0 Å². The summed E-state index contributed by atoms with van der Waals surface area (Å²) in [5.41, 5.74) is 0. The number of carbonyl (C=O) groups is 1. The van der Waals surface area contributed by atoms with E-state index < -0.39 is 18.6 Å². The molecule has 0 saturated heterocycles. The molecule has 0 radical (unpaired) electrons. The van der Waals surface area contributed by atoms with Crippen molar-refractivity contribution in [2.24, 2.45) is 4.99 Å². The number of aliphatic hydroxyl groups excluding tert-OH is 1. The third kappa shape index (κ3) is 1.70. The maximum Gasteiger partial charge on any atom is 0.330 e. The summed E-state index contributed by atoms with van der Waals surface area (Å²) >= 11 is 0. The fourth-order valence-electron chi connectivity index (χ4n) is 0.214. The molecule has 0 rings (SSSR count). The Morgan fingerprint density at radius 3 is 2.38 bits per heavy atom. The minimum Gasteiger partial charge on any atom is -0.480 e. The van der Waals surface area contributed by atoms with Gasteiger partial charge in [-0.05, 0) is 6.72 Å². The van der Waals surface area contributed by atoms with E-state index in [1.165, 1.54) is 0 Å². The number of rotatable bonds is 3. The average Bonchev–Trinajstić information content (AvgIpc) is 1.69. The molecule has 1 atom stereocenters. The summed E-state index contributed by atoms with van der Waals surface area (Å²) in [6.45, 7) is 2.48. The second-order valence-corrected chi connectivity index (χ2v) is 1.22. The Labute approximate surface area is 46.5 Å². The first-order valence-electron chi connectivity index (χ1n) is 2.02. The van der Waals surface area contributed by atoms with Gasteiger partial charge < -0.3 is 10.2 Å². The summed E-state index contributed by atoms with van der Waals surface area (Å²) in [4.78, 5) is 13.0. The molecule has 0 unspecified atom stereocenters. The lowest BCUT2D eigenvalue weighted by Gasteiger charge is -1.97. The van der Waals surface area contributed by atoms with E-state index in [0.717, 1.165) is 0 Å². The smallest absolute Gasteiger partial charge is 0.330 e. The van der Waals surface area contributed by atoms with Crippen molar-refractivity contribution in [3.05, 3.63) is 0 Å². The van der Waals surface area contributed by atoms with Gasteiger partial charge in [-0.2, -0.15) is 0 Å². The van der Waals surface area contributed by atoms with Crippen LogP contribution in [0.25, 0.3) is 0 Å². The summed E-state index contributed by atoms with van der Waals surface area (Å²) in [7, 11) is 0. The largest absolute Gasteiger partial charge is 0.480 e. The van der Waals surface area contributed by atoms with Crippen molar-refractivity contribution in [3.8, 4) is 0 Å². The minimum atomic E-state index is -1.15. The maximum atomic E-state index is 9.87. The highest BCUT2D eigenvalue weighted by molar-refractivity contribution is 5.74. The predicted molar refractivity (Wildman–Crippen MR) is 28.1 cm³/mol. The van der Waals surface area contributed by atoms with E-state index in [9.17, 15) is 4.79 Å². The van der Waals surface area contributed by atoms with Crippen LogP contribution < -0.4 is 0 Å². The van der Waals surface area contributed by atoms with E-state index >= 15 is 0 Å². The van der Waals surface area contributed by atoms with E-state index in [2.05, 4.69) is 11.7 Å². The van der Waals surface area contributed by atoms with Gasteiger partial charge in [-0.25, -0.2) is 4.79 Å². The van der Waals surface area contributed by atoms with Crippen molar-refractivity contribution in [3.63, 3.8) is 0 Å². The summed E-state index contributed by atoms with van der Waals surface area (Å²) in [5, 5.41) is 16.3. The van der Waals surface area contributed by atoms with Crippen molar-refractivity contribution in [2.45, 2.75) is 6.04 Å².